The standard InChI is InChI=1S/C17H24F5NO5Si/c1-10(2)26-29(27-11(3)4,28-12(5)6)17(20,21)23(22)16(24)25-14-9-7-8-13(18)15(14)19/h7-12H,1-6H3. The first kappa shape index (κ1) is 25.3. The molecule has 0 fully saturated rings. The number of hydrogen-bond donors (Lipinski definition) is 0. The van der Waals surface area contributed by atoms with Crippen molar-refractivity contribution >= 4 is 14.9 Å². The Morgan fingerprint density at radius 2 is 1.41 bits per heavy atom. The molecular formula is C17H24F5NO5Si. The fourth-order valence-electron chi connectivity index (χ4n) is 2.16. The number of halogens is 5. The number of hydrogen-bond acceptors (Lipinski definition) is 5. The third-order valence-electron chi connectivity index (χ3n) is 3.06. The van der Waals surface area contributed by atoms with Gasteiger partial charge in [0.1, 0.15) is 0 Å². The van der Waals surface area contributed by atoms with Crippen molar-refractivity contribution in [2.75, 3.05) is 0 Å². The molecule has 1 aromatic rings. The van der Waals surface area contributed by atoms with Gasteiger partial charge in [0.25, 0.3) is 0 Å². The second kappa shape index (κ2) is 9.83. The number of alkyl halides is 2. The molecule has 0 radical (unpaired) electrons. The zero-order valence-electron chi connectivity index (χ0n) is 16.8. The highest BCUT2D eigenvalue weighted by Gasteiger charge is 2.72. The zero-order chi connectivity index (χ0) is 22.6. The van der Waals surface area contributed by atoms with Crippen LogP contribution in [-0.2, 0) is 13.3 Å². The molecule has 0 saturated carbocycles. The van der Waals surface area contributed by atoms with Gasteiger partial charge in [0.05, 0.1) is 0 Å². The SMILES string of the molecule is CC(C)O[Si](OC(C)C)(OC(C)C)C(F)(F)N(F)C(=O)Oc1cccc(F)c1F. The van der Waals surface area contributed by atoms with Gasteiger partial charge in [-0.25, -0.2) is 9.18 Å². The molecule has 0 aliphatic rings. The van der Waals surface area contributed by atoms with Gasteiger partial charge >= 0.3 is 20.6 Å². The van der Waals surface area contributed by atoms with Gasteiger partial charge in [-0.2, -0.15) is 13.2 Å². The van der Waals surface area contributed by atoms with Crippen molar-refractivity contribution in [1.29, 1.82) is 0 Å². The minimum Gasteiger partial charge on any atom is -0.405 e. The highest BCUT2D eigenvalue weighted by molar-refractivity contribution is 6.63. The maximum absolute atomic E-state index is 15.1. The summed E-state index contributed by atoms with van der Waals surface area (Å²) in [6.45, 7) is 8.38. The fourth-order valence-corrected chi connectivity index (χ4v) is 4.94. The van der Waals surface area contributed by atoms with Crippen LogP contribution in [0.2, 0.25) is 0 Å². The second-order valence-corrected chi connectivity index (χ2v) is 9.22. The molecule has 0 unspecified atom stereocenters. The fraction of sp³-hybridized carbons (Fsp3) is 0.588. The molecule has 0 bridgehead atoms. The van der Waals surface area contributed by atoms with Gasteiger partial charge in [-0.05, 0) is 53.7 Å². The molecule has 29 heavy (non-hydrogen) atoms. The quantitative estimate of drug-likeness (QED) is 0.232. The molecule has 1 rings (SSSR count). The number of carbonyl (C=O) groups is 1. The van der Waals surface area contributed by atoms with Gasteiger partial charge < -0.3 is 18.0 Å². The van der Waals surface area contributed by atoms with E-state index in [4.69, 9.17) is 13.3 Å². The number of carbonyl (C=O) groups excluding carboxylic acids is 1. The van der Waals surface area contributed by atoms with E-state index in [0.29, 0.717) is 6.07 Å². The summed E-state index contributed by atoms with van der Waals surface area (Å²) in [6.07, 6.45) is -4.94. The lowest BCUT2D eigenvalue weighted by Gasteiger charge is -2.39. The van der Waals surface area contributed by atoms with Crippen LogP contribution in [0.15, 0.2) is 18.2 Å². The Balaban J connectivity index is 3.30. The van der Waals surface area contributed by atoms with Gasteiger partial charge in [-0.15, -0.1) is 0 Å². The lowest BCUT2D eigenvalue weighted by Crippen LogP contribution is -2.69. The lowest BCUT2D eigenvalue weighted by molar-refractivity contribution is -0.207. The van der Waals surface area contributed by atoms with Gasteiger partial charge in [-0.1, -0.05) is 15.7 Å². The smallest absolute Gasteiger partial charge is 0.405 e. The van der Waals surface area contributed by atoms with Crippen LogP contribution in [0.25, 0.3) is 0 Å². The average Bonchev–Trinajstić information content (AvgIpc) is 2.56. The predicted octanol–water partition coefficient (Wildman–Crippen LogP) is 5.00. The Morgan fingerprint density at radius 3 is 1.83 bits per heavy atom. The first-order valence-corrected chi connectivity index (χ1v) is 10.5. The Kier molecular flexibility index (Phi) is 8.56. The molecule has 0 aromatic heterocycles. The van der Waals surface area contributed by atoms with Crippen molar-refractivity contribution < 1.29 is 44.9 Å². The van der Waals surface area contributed by atoms with Gasteiger partial charge in [0.2, 0.25) is 5.82 Å². The molecular weight excluding hydrogens is 421 g/mol. The molecule has 0 atom stereocenters. The Labute approximate surface area is 166 Å². The van der Waals surface area contributed by atoms with E-state index in [1.54, 1.807) is 0 Å². The first-order valence-electron chi connectivity index (χ1n) is 8.76. The highest BCUT2D eigenvalue weighted by Crippen LogP contribution is 2.37. The van der Waals surface area contributed by atoms with E-state index in [-0.39, 0.29) is 0 Å². The third kappa shape index (κ3) is 6.11. The monoisotopic (exact) mass is 445 g/mol. The Hall–Kier alpha value is -1.76. The average molecular weight is 445 g/mol. The second-order valence-electron chi connectivity index (χ2n) is 6.80. The minimum atomic E-state index is -5.23. The van der Waals surface area contributed by atoms with Gasteiger partial charge in [-0.3, -0.25) is 0 Å². The van der Waals surface area contributed by atoms with E-state index < -0.39 is 61.4 Å². The van der Waals surface area contributed by atoms with Crippen LogP contribution in [0.1, 0.15) is 41.5 Å². The maximum Gasteiger partial charge on any atom is 0.603 e. The molecule has 1 amide bonds. The summed E-state index contributed by atoms with van der Waals surface area (Å²) in [4.78, 5) is 11.9. The molecule has 0 spiro atoms. The van der Waals surface area contributed by atoms with E-state index in [1.807, 2.05) is 0 Å². The number of nitrogens with zero attached hydrogens (tertiary/aromatic N) is 1. The van der Waals surface area contributed by atoms with Crippen LogP contribution >= 0.6 is 0 Å². The number of amides is 1. The van der Waals surface area contributed by atoms with Crippen LogP contribution in [0, 0.1) is 11.6 Å². The van der Waals surface area contributed by atoms with Crippen molar-refractivity contribution in [3.63, 3.8) is 0 Å². The van der Waals surface area contributed by atoms with Crippen LogP contribution < -0.4 is 4.74 Å². The summed E-state index contributed by atoms with van der Waals surface area (Å²) in [5.74, 6) is -4.12. The van der Waals surface area contributed by atoms with Gasteiger partial charge in [0.15, 0.2) is 11.6 Å². The molecule has 0 aliphatic heterocycles. The van der Waals surface area contributed by atoms with Crippen LogP contribution in [0.5, 0.6) is 5.75 Å². The van der Waals surface area contributed by atoms with Gasteiger partial charge in [0, 0.05) is 18.3 Å². The van der Waals surface area contributed by atoms with E-state index >= 15 is 8.78 Å². The summed E-state index contributed by atoms with van der Waals surface area (Å²) in [6, 6.07) is 2.43. The third-order valence-corrected chi connectivity index (χ3v) is 6.34. The number of rotatable bonds is 9. The lowest BCUT2D eigenvalue weighted by atomic mass is 10.3. The molecule has 0 heterocycles. The van der Waals surface area contributed by atoms with Crippen LogP contribution in [-0.4, -0.2) is 44.0 Å². The van der Waals surface area contributed by atoms with Crippen LogP contribution in [0.4, 0.5) is 26.8 Å². The molecule has 0 N–H and O–H groups in total. The molecule has 1 aromatic carbocycles. The Morgan fingerprint density at radius 1 is 0.966 bits per heavy atom. The van der Waals surface area contributed by atoms with Crippen LogP contribution in [0.3, 0.4) is 0 Å². The number of benzene rings is 1. The summed E-state index contributed by atoms with van der Waals surface area (Å²) >= 11 is 0. The molecule has 0 aliphatic carbocycles. The van der Waals surface area contributed by atoms with Crippen molar-refractivity contribution in [3.05, 3.63) is 29.8 Å². The van der Waals surface area contributed by atoms with Crippen molar-refractivity contribution in [2.24, 2.45) is 0 Å². The summed E-state index contributed by atoms with van der Waals surface area (Å²) in [7, 11) is -5.23. The van der Waals surface area contributed by atoms with E-state index in [2.05, 4.69) is 4.74 Å². The summed E-state index contributed by atoms with van der Waals surface area (Å²) in [5.41, 5.74) is -4.74. The molecule has 6 nitrogen and oxygen atoms in total. The Bertz CT molecular complexity index is 678. The largest absolute Gasteiger partial charge is 0.603 e. The normalized spacial score (nSPS) is 12.8. The molecule has 166 valence electrons. The van der Waals surface area contributed by atoms with E-state index in [9.17, 15) is 18.1 Å². The first-order chi connectivity index (χ1) is 13.2. The predicted molar refractivity (Wildman–Crippen MR) is 94.7 cm³/mol. The minimum absolute atomic E-state index is 0.704. The molecule has 0 saturated heterocycles. The molecule has 12 heteroatoms. The summed E-state index contributed by atoms with van der Waals surface area (Å²) < 4.78 is 91.5. The zero-order valence-corrected chi connectivity index (χ0v) is 17.8. The number of ether oxygens (including phenoxy) is 1. The topological polar surface area (TPSA) is 57.2 Å². The van der Waals surface area contributed by atoms with Crippen molar-refractivity contribution in [3.8, 4) is 5.75 Å². The van der Waals surface area contributed by atoms with Crippen molar-refractivity contribution in [1.82, 2.24) is 5.12 Å². The highest BCUT2D eigenvalue weighted by atomic mass is 28.4. The van der Waals surface area contributed by atoms with E-state index in [0.717, 1.165) is 12.1 Å². The van der Waals surface area contributed by atoms with Crippen molar-refractivity contribution in [2.45, 2.75) is 65.5 Å². The van der Waals surface area contributed by atoms with E-state index in [1.165, 1.54) is 41.5 Å². The summed E-state index contributed by atoms with van der Waals surface area (Å²) in [5, 5.41) is -1.59. The maximum atomic E-state index is 15.1.